The van der Waals surface area contributed by atoms with E-state index in [-0.39, 0.29) is 53.3 Å². The van der Waals surface area contributed by atoms with Crippen LogP contribution in [-0.4, -0.2) is 136 Å². The predicted molar refractivity (Wildman–Crippen MR) is 198 cm³/mol. The first kappa shape index (κ1) is 38.3. The minimum atomic E-state index is -1.44. The predicted octanol–water partition coefficient (Wildman–Crippen LogP) is -0.224. The zero-order valence-corrected chi connectivity index (χ0v) is 30.7. The van der Waals surface area contributed by atoms with Crippen molar-refractivity contribution in [1.29, 1.82) is 0 Å². The highest BCUT2D eigenvalue weighted by atomic mass is 19.2. The van der Waals surface area contributed by atoms with Gasteiger partial charge in [0.2, 0.25) is 16.7 Å². The third-order valence-corrected chi connectivity index (χ3v) is 10.7. The third kappa shape index (κ3) is 6.73. The Hall–Kier alpha value is -5.61. The van der Waals surface area contributed by atoms with Crippen LogP contribution in [0.3, 0.4) is 0 Å². The molecule has 4 saturated heterocycles. The lowest BCUT2D eigenvalue weighted by molar-refractivity contribution is 0.0207. The number of carboxylic acids is 2. The van der Waals surface area contributed by atoms with Crippen LogP contribution in [0.1, 0.15) is 20.7 Å². The number of morpholine rings is 2. The quantitative estimate of drug-likeness (QED) is 0.182. The van der Waals surface area contributed by atoms with E-state index in [0.29, 0.717) is 43.4 Å². The number of nitrogens with one attached hydrogen (secondary N) is 3. The Labute approximate surface area is 320 Å². The molecule has 0 radical (unpaired) electrons. The summed E-state index contributed by atoms with van der Waals surface area (Å²) in [4.78, 5) is 49.1. The number of nitrogens with zero attached hydrogens (tertiary/aromatic N) is 5. The second kappa shape index (κ2) is 15.0. The molecule has 8 heterocycles. The molecule has 6 aliphatic rings. The summed E-state index contributed by atoms with van der Waals surface area (Å²) in [5, 5.41) is 31.2. The lowest BCUT2D eigenvalue weighted by Gasteiger charge is -2.33. The molecule has 0 aliphatic carbocycles. The molecule has 0 spiro atoms. The first-order valence-electron chi connectivity index (χ1n) is 18.1. The van der Waals surface area contributed by atoms with Crippen molar-refractivity contribution in [3.8, 4) is 11.5 Å². The zero-order chi connectivity index (χ0) is 40.3. The summed E-state index contributed by atoms with van der Waals surface area (Å²) in [5.74, 6) is -6.02. The second-order valence-electron chi connectivity index (χ2n) is 14.2. The lowest BCUT2D eigenvalue weighted by atomic mass is 10.1. The van der Waals surface area contributed by atoms with Crippen molar-refractivity contribution in [2.24, 2.45) is 0 Å². The monoisotopic (exact) mass is 800 g/mol. The molecule has 57 heavy (non-hydrogen) atoms. The van der Waals surface area contributed by atoms with Crippen molar-refractivity contribution >= 4 is 39.4 Å². The topological polar surface area (TPSA) is 201 Å². The van der Waals surface area contributed by atoms with Crippen LogP contribution in [0.25, 0.3) is 21.8 Å². The van der Waals surface area contributed by atoms with E-state index in [9.17, 15) is 33.1 Å². The van der Waals surface area contributed by atoms with Crippen LogP contribution in [0.4, 0.5) is 18.9 Å². The van der Waals surface area contributed by atoms with E-state index >= 15 is 4.39 Å². The first-order chi connectivity index (χ1) is 27.3. The van der Waals surface area contributed by atoms with E-state index < -0.39 is 57.1 Å². The molecule has 10 rings (SSSR count). The Morgan fingerprint density at radius 3 is 1.86 bits per heavy atom. The van der Waals surface area contributed by atoms with Gasteiger partial charge in [-0.1, -0.05) is 0 Å². The molecule has 4 fully saturated rings. The standard InChI is InChI=1S/C18H19FN4O5.C12H8F2N2O4.C6H12N2O/c1-21-8-28-17-14-9(16(24)10(18(25)26)5-23(14)21)4-11(19)15(17)22-6-12-13(7-22)27-3-2-20-12;1-15-4-20-11-8(14)7(13)2-5-9(11)16(15)3-6(10(5)17)12(18)19;1-2-9-6-4-7-3-5(6)8-1/h4-5,12-13,20H,2-3,6-8H2,1H3,(H,25,26);2-3H,4H2,1H3,(H,18,19);5-8H,1-4H2. The molecular weight excluding hydrogens is 761 g/mol. The average Bonchev–Trinajstić information content (AvgIpc) is 3.85. The fourth-order valence-corrected chi connectivity index (χ4v) is 7.89. The molecule has 304 valence electrons. The maximum atomic E-state index is 15.2. The Bertz CT molecular complexity index is 2390. The molecular formula is C36H39F3N8O10. The summed E-state index contributed by atoms with van der Waals surface area (Å²) in [6, 6.07) is 2.47. The van der Waals surface area contributed by atoms with Crippen LogP contribution in [0.5, 0.6) is 11.5 Å². The molecule has 5 N–H and O–H groups in total. The Balaban J connectivity index is 0.000000136. The summed E-state index contributed by atoms with van der Waals surface area (Å²) >= 11 is 0. The van der Waals surface area contributed by atoms with Crippen LogP contribution >= 0.6 is 0 Å². The molecule has 4 unspecified atom stereocenters. The van der Waals surface area contributed by atoms with E-state index in [4.69, 9.17) is 24.1 Å². The van der Waals surface area contributed by atoms with Crippen molar-refractivity contribution in [3.63, 3.8) is 0 Å². The van der Waals surface area contributed by atoms with Gasteiger partial charge in [-0.05, 0) is 12.1 Å². The lowest BCUT2D eigenvalue weighted by Crippen LogP contribution is -2.47. The minimum absolute atomic E-state index is 0.00708. The van der Waals surface area contributed by atoms with Crippen molar-refractivity contribution in [2.75, 3.05) is 95.0 Å². The summed E-state index contributed by atoms with van der Waals surface area (Å²) < 4.78 is 67.3. The number of rotatable bonds is 3. The fraction of sp³-hybridized carbons (Fsp3) is 0.444. The van der Waals surface area contributed by atoms with Crippen LogP contribution in [0.15, 0.2) is 34.1 Å². The number of benzene rings is 2. The van der Waals surface area contributed by atoms with E-state index in [1.807, 2.05) is 4.90 Å². The summed E-state index contributed by atoms with van der Waals surface area (Å²) in [5.41, 5.74) is -1.91. The van der Waals surface area contributed by atoms with Gasteiger partial charge in [-0.25, -0.2) is 18.4 Å². The number of aromatic nitrogens is 2. The molecule has 4 atom stereocenters. The van der Waals surface area contributed by atoms with Crippen molar-refractivity contribution in [1.82, 2.24) is 25.3 Å². The van der Waals surface area contributed by atoms with Crippen LogP contribution < -0.4 is 51.2 Å². The van der Waals surface area contributed by atoms with Gasteiger partial charge in [0.05, 0.1) is 42.2 Å². The van der Waals surface area contributed by atoms with Gasteiger partial charge >= 0.3 is 11.9 Å². The molecule has 18 nitrogen and oxygen atoms in total. The highest BCUT2D eigenvalue weighted by Gasteiger charge is 2.39. The van der Waals surface area contributed by atoms with E-state index in [1.165, 1.54) is 15.9 Å². The molecule has 2 aromatic heterocycles. The van der Waals surface area contributed by atoms with Gasteiger partial charge in [0.1, 0.15) is 27.8 Å². The number of carboxylic acid groups (broad SMARTS) is 2. The summed E-state index contributed by atoms with van der Waals surface area (Å²) in [6.07, 6.45) is 2.73. The Kier molecular flexibility index (Phi) is 10.1. The smallest absolute Gasteiger partial charge is 0.341 e. The van der Waals surface area contributed by atoms with Crippen LogP contribution in [0, 0.1) is 17.5 Å². The van der Waals surface area contributed by atoms with Crippen LogP contribution in [0.2, 0.25) is 0 Å². The number of pyridine rings is 2. The molecule has 0 saturated carbocycles. The minimum Gasteiger partial charge on any atom is -0.477 e. The van der Waals surface area contributed by atoms with Crippen molar-refractivity contribution in [3.05, 3.63) is 73.6 Å². The molecule has 6 aliphatic heterocycles. The number of halogens is 3. The van der Waals surface area contributed by atoms with Gasteiger partial charge < -0.3 is 50.0 Å². The van der Waals surface area contributed by atoms with Gasteiger partial charge in [-0.2, -0.15) is 4.39 Å². The van der Waals surface area contributed by atoms with E-state index in [2.05, 4.69) is 16.0 Å². The van der Waals surface area contributed by atoms with Gasteiger partial charge in [-0.15, -0.1) is 0 Å². The normalized spacial score (nSPS) is 23.1. The summed E-state index contributed by atoms with van der Waals surface area (Å²) in [6.45, 7) is 6.40. The van der Waals surface area contributed by atoms with Crippen LogP contribution in [-0.2, 0) is 9.47 Å². The SMILES string of the molecule is C1COC2CNCC2N1.CN1COc2c(F)c(F)cc3c(=O)c(C(=O)O)cn1c23.CN1COc2c(N3CC4NCCOC4C3)c(F)cc3c(=O)c(C(=O)O)cn1c23. The number of aromatic carboxylic acids is 2. The number of ether oxygens (including phenoxy) is 4. The summed E-state index contributed by atoms with van der Waals surface area (Å²) in [7, 11) is 3.25. The Morgan fingerprint density at radius 1 is 0.737 bits per heavy atom. The number of anilines is 1. The van der Waals surface area contributed by atoms with E-state index in [1.54, 1.807) is 23.8 Å². The van der Waals surface area contributed by atoms with Crippen molar-refractivity contribution in [2.45, 2.75) is 24.3 Å². The molecule has 2 aromatic carbocycles. The first-order valence-corrected chi connectivity index (χ1v) is 18.1. The van der Waals surface area contributed by atoms with Gasteiger partial charge in [0.15, 0.2) is 36.6 Å². The number of carbonyl (C=O) groups is 2. The molecule has 0 amide bonds. The van der Waals surface area contributed by atoms with Crippen molar-refractivity contribution < 1.29 is 51.9 Å². The largest absolute Gasteiger partial charge is 0.477 e. The maximum Gasteiger partial charge on any atom is 0.341 e. The highest BCUT2D eigenvalue weighted by molar-refractivity contribution is 5.98. The maximum absolute atomic E-state index is 15.2. The molecule has 21 heteroatoms. The van der Waals surface area contributed by atoms with E-state index in [0.717, 1.165) is 45.0 Å². The molecule has 4 aromatic rings. The Morgan fingerprint density at radius 2 is 1.28 bits per heavy atom. The van der Waals surface area contributed by atoms with Gasteiger partial charge in [0, 0.05) is 71.8 Å². The molecule has 0 bridgehead atoms. The van der Waals surface area contributed by atoms with Gasteiger partial charge in [0.25, 0.3) is 0 Å². The fourth-order valence-electron chi connectivity index (χ4n) is 7.89. The zero-order valence-electron chi connectivity index (χ0n) is 30.7. The second-order valence-corrected chi connectivity index (χ2v) is 14.2. The highest BCUT2D eigenvalue weighted by Crippen LogP contribution is 2.41. The number of hydrogen-bond donors (Lipinski definition) is 5. The number of hydrogen-bond acceptors (Lipinski definition) is 14. The third-order valence-electron chi connectivity index (χ3n) is 10.7. The van der Waals surface area contributed by atoms with Gasteiger partial charge in [-0.3, -0.25) is 29.0 Å². The average molecular weight is 801 g/mol. The number of fused-ring (bicyclic) bond motifs is 2.